The number of aromatic carboxylic acids is 1. The number of methoxy groups -OCH3 is 1. The molecule has 0 saturated carbocycles. The highest BCUT2D eigenvalue weighted by Crippen LogP contribution is 2.27. The van der Waals surface area contributed by atoms with Crippen molar-refractivity contribution >= 4 is 5.97 Å². The fourth-order valence-electron chi connectivity index (χ4n) is 1.31. The second-order valence-corrected chi connectivity index (χ2v) is 3.14. The van der Waals surface area contributed by atoms with Gasteiger partial charge in [-0.15, -0.1) is 0 Å². The smallest absolute Gasteiger partial charge is 0.339 e. The van der Waals surface area contributed by atoms with Crippen LogP contribution in [-0.4, -0.2) is 29.8 Å². The van der Waals surface area contributed by atoms with E-state index in [1.165, 1.54) is 7.11 Å². The first-order valence-electron chi connectivity index (χ1n) is 4.50. The van der Waals surface area contributed by atoms with Gasteiger partial charge < -0.3 is 20.7 Å². The number of carbonyl (C=O) groups is 1. The fraction of sp³-hybridized carbons (Fsp3) is 0.300. The van der Waals surface area contributed by atoms with Crippen LogP contribution in [-0.2, 0) is 0 Å². The fourth-order valence-corrected chi connectivity index (χ4v) is 1.31. The van der Waals surface area contributed by atoms with Crippen molar-refractivity contribution in [3.05, 3.63) is 29.1 Å². The van der Waals surface area contributed by atoms with Crippen LogP contribution in [0.3, 0.4) is 0 Å². The highest BCUT2D eigenvalue weighted by atomic mass is 19.1. The van der Waals surface area contributed by atoms with E-state index < -0.39 is 17.9 Å². The van der Waals surface area contributed by atoms with Crippen molar-refractivity contribution in [1.82, 2.24) is 0 Å². The van der Waals surface area contributed by atoms with Crippen molar-refractivity contribution in [3.63, 3.8) is 0 Å². The molecule has 0 aromatic heterocycles. The molecular weight excluding hydrogens is 217 g/mol. The van der Waals surface area contributed by atoms with Gasteiger partial charge in [0.1, 0.15) is 5.56 Å². The first kappa shape index (κ1) is 12.4. The molecule has 6 heteroatoms. The molecule has 4 N–H and O–H groups in total. The molecule has 1 aromatic carbocycles. The van der Waals surface area contributed by atoms with E-state index in [-0.39, 0.29) is 23.4 Å². The van der Waals surface area contributed by atoms with Crippen LogP contribution in [0.4, 0.5) is 4.39 Å². The first-order chi connectivity index (χ1) is 7.51. The quantitative estimate of drug-likeness (QED) is 0.700. The molecule has 0 amide bonds. The summed E-state index contributed by atoms with van der Waals surface area (Å²) in [6.45, 7) is -0.120. The van der Waals surface area contributed by atoms with Gasteiger partial charge in [-0.2, -0.15) is 0 Å². The van der Waals surface area contributed by atoms with Crippen molar-refractivity contribution in [2.45, 2.75) is 6.10 Å². The largest absolute Gasteiger partial charge is 0.493 e. The number of hydrogen-bond donors (Lipinski definition) is 3. The van der Waals surface area contributed by atoms with Crippen LogP contribution >= 0.6 is 0 Å². The Morgan fingerprint density at radius 2 is 2.25 bits per heavy atom. The molecule has 1 atom stereocenters. The first-order valence-corrected chi connectivity index (χ1v) is 4.50. The molecule has 0 aliphatic carbocycles. The van der Waals surface area contributed by atoms with Gasteiger partial charge in [0.25, 0.3) is 0 Å². The lowest BCUT2D eigenvalue weighted by molar-refractivity contribution is 0.0692. The van der Waals surface area contributed by atoms with E-state index in [1.807, 2.05) is 0 Å². The van der Waals surface area contributed by atoms with Crippen molar-refractivity contribution in [2.24, 2.45) is 5.73 Å². The number of ether oxygens (including phenoxy) is 1. The highest BCUT2D eigenvalue weighted by Gasteiger charge is 2.19. The van der Waals surface area contributed by atoms with E-state index >= 15 is 0 Å². The zero-order chi connectivity index (χ0) is 12.3. The van der Waals surface area contributed by atoms with Gasteiger partial charge in [0.15, 0.2) is 11.6 Å². The van der Waals surface area contributed by atoms with Crippen molar-refractivity contribution < 1.29 is 24.1 Å². The van der Waals surface area contributed by atoms with Gasteiger partial charge in [-0.25, -0.2) is 9.18 Å². The number of rotatable bonds is 4. The number of benzene rings is 1. The molecule has 88 valence electrons. The average molecular weight is 229 g/mol. The van der Waals surface area contributed by atoms with E-state index in [2.05, 4.69) is 4.74 Å². The summed E-state index contributed by atoms with van der Waals surface area (Å²) in [6, 6.07) is 2.14. The molecule has 0 fully saturated rings. The maximum atomic E-state index is 13.4. The summed E-state index contributed by atoms with van der Waals surface area (Å²) in [5.41, 5.74) is 4.97. The zero-order valence-electron chi connectivity index (χ0n) is 8.61. The second kappa shape index (κ2) is 4.91. The topological polar surface area (TPSA) is 92.8 Å². The lowest BCUT2D eigenvalue weighted by Gasteiger charge is -2.12. The summed E-state index contributed by atoms with van der Waals surface area (Å²) in [5.74, 6) is -2.54. The summed E-state index contributed by atoms with van der Waals surface area (Å²) in [4.78, 5) is 10.8. The molecule has 1 aromatic rings. The maximum Gasteiger partial charge on any atom is 0.339 e. The molecule has 0 spiro atoms. The van der Waals surface area contributed by atoms with Gasteiger partial charge in [-0.05, 0) is 17.7 Å². The molecular formula is C10H12FNO4. The Bertz CT molecular complexity index is 408. The lowest BCUT2D eigenvalue weighted by Crippen LogP contribution is -2.13. The molecule has 16 heavy (non-hydrogen) atoms. The van der Waals surface area contributed by atoms with E-state index in [9.17, 15) is 14.3 Å². The summed E-state index contributed by atoms with van der Waals surface area (Å²) < 4.78 is 18.1. The number of nitrogens with two attached hydrogens (primary N) is 1. The molecule has 5 nitrogen and oxygen atoms in total. The van der Waals surface area contributed by atoms with Crippen LogP contribution in [0.5, 0.6) is 5.75 Å². The monoisotopic (exact) mass is 229 g/mol. The second-order valence-electron chi connectivity index (χ2n) is 3.14. The van der Waals surface area contributed by atoms with E-state index in [0.29, 0.717) is 0 Å². The number of hydrogen-bond acceptors (Lipinski definition) is 4. The van der Waals surface area contributed by atoms with Crippen molar-refractivity contribution in [2.75, 3.05) is 13.7 Å². The van der Waals surface area contributed by atoms with Crippen LogP contribution in [0.25, 0.3) is 0 Å². The minimum atomic E-state index is -1.33. The third-order valence-corrected chi connectivity index (χ3v) is 2.11. The van der Waals surface area contributed by atoms with Crippen LogP contribution in [0.2, 0.25) is 0 Å². The van der Waals surface area contributed by atoms with Crippen molar-refractivity contribution in [3.8, 4) is 5.75 Å². The molecule has 1 rings (SSSR count). The molecule has 0 bridgehead atoms. The summed E-state index contributed by atoms with van der Waals surface area (Å²) in [5, 5.41) is 18.2. The maximum absolute atomic E-state index is 13.4. The highest BCUT2D eigenvalue weighted by molar-refractivity contribution is 5.91. The number of halogens is 1. The van der Waals surface area contributed by atoms with Gasteiger partial charge in [-0.1, -0.05) is 0 Å². The van der Waals surface area contributed by atoms with Gasteiger partial charge >= 0.3 is 5.97 Å². The van der Waals surface area contributed by atoms with Gasteiger partial charge in [0, 0.05) is 6.54 Å². The zero-order valence-corrected chi connectivity index (χ0v) is 8.61. The predicted molar refractivity (Wildman–Crippen MR) is 53.9 cm³/mol. The van der Waals surface area contributed by atoms with Crippen LogP contribution in [0.15, 0.2) is 12.1 Å². The number of carboxylic acid groups (broad SMARTS) is 1. The molecule has 0 heterocycles. The molecule has 0 aliphatic heterocycles. The van der Waals surface area contributed by atoms with Gasteiger partial charge in [0.2, 0.25) is 0 Å². The molecule has 0 aliphatic rings. The third-order valence-electron chi connectivity index (χ3n) is 2.11. The average Bonchev–Trinajstić information content (AvgIpc) is 2.26. The Kier molecular flexibility index (Phi) is 3.81. The van der Waals surface area contributed by atoms with Crippen molar-refractivity contribution in [1.29, 1.82) is 0 Å². The Hall–Kier alpha value is -1.66. The number of aliphatic hydroxyl groups excluding tert-OH is 1. The van der Waals surface area contributed by atoms with E-state index in [4.69, 9.17) is 10.8 Å². The van der Waals surface area contributed by atoms with Gasteiger partial charge in [-0.3, -0.25) is 0 Å². The Balaban J connectivity index is 3.33. The van der Waals surface area contributed by atoms with Gasteiger partial charge in [0.05, 0.1) is 13.2 Å². The third kappa shape index (κ3) is 2.29. The Morgan fingerprint density at radius 1 is 1.62 bits per heavy atom. The lowest BCUT2D eigenvalue weighted by atomic mass is 10.0. The Morgan fingerprint density at radius 3 is 2.69 bits per heavy atom. The van der Waals surface area contributed by atoms with E-state index in [0.717, 1.165) is 12.1 Å². The summed E-state index contributed by atoms with van der Waals surface area (Å²) in [6.07, 6.45) is -1.10. The number of carboxylic acids is 1. The normalized spacial score (nSPS) is 12.2. The summed E-state index contributed by atoms with van der Waals surface area (Å²) >= 11 is 0. The predicted octanol–water partition coefficient (Wildman–Crippen LogP) is 0.525. The molecule has 0 radical (unpaired) electrons. The molecule has 0 saturated heterocycles. The SMILES string of the molecule is COc1c(F)cc(C(O)CN)cc1C(=O)O. The van der Waals surface area contributed by atoms with E-state index in [1.54, 1.807) is 0 Å². The van der Waals surface area contributed by atoms with Crippen LogP contribution in [0, 0.1) is 5.82 Å². The van der Waals surface area contributed by atoms with Crippen LogP contribution in [0.1, 0.15) is 22.0 Å². The summed E-state index contributed by atoms with van der Waals surface area (Å²) in [7, 11) is 1.17. The number of aliphatic hydroxyl groups is 1. The Labute approximate surface area is 91.3 Å². The van der Waals surface area contributed by atoms with Crippen LogP contribution < -0.4 is 10.5 Å². The standard InChI is InChI=1S/C10H12FNO4/c1-16-9-6(10(14)15)2-5(3-7(9)11)8(13)4-12/h2-3,8,13H,4,12H2,1H3,(H,14,15). The minimum absolute atomic E-state index is 0.109. The minimum Gasteiger partial charge on any atom is -0.493 e. The molecule has 1 unspecified atom stereocenters.